The van der Waals surface area contributed by atoms with Gasteiger partial charge in [-0.25, -0.2) is 0 Å². The molecule has 0 aromatic heterocycles. The van der Waals surface area contributed by atoms with E-state index < -0.39 is 23.0 Å². The van der Waals surface area contributed by atoms with Gasteiger partial charge in [-0.2, -0.15) is 13.2 Å². The summed E-state index contributed by atoms with van der Waals surface area (Å²) in [4.78, 5) is 11.2. The molecule has 1 aromatic carbocycles. The van der Waals surface area contributed by atoms with Gasteiger partial charge in [0.15, 0.2) is 0 Å². The highest BCUT2D eigenvalue weighted by atomic mass is 35.5. The van der Waals surface area contributed by atoms with Crippen LogP contribution in [0.2, 0.25) is 5.02 Å². The van der Waals surface area contributed by atoms with Gasteiger partial charge in [0, 0.05) is 0 Å². The van der Waals surface area contributed by atoms with E-state index in [-0.39, 0.29) is 10.7 Å². The second-order valence-corrected chi connectivity index (χ2v) is 4.36. The second kappa shape index (κ2) is 5.14. The molecule has 2 nitrogen and oxygen atoms in total. The van der Waals surface area contributed by atoms with Crippen molar-refractivity contribution in [3.05, 3.63) is 28.8 Å². The Kier molecular flexibility index (Phi) is 4.27. The molecular weight excluding hydrogens is 278 g/mol. The van der Waals surface area contributed by atoms with Crippen LogP contribution >= 0.6 is 23.2 Å². The van der Waals surface area contributed by atoms with Gasteiger partial charge >= 0.3 is 6.18 Å². The largest absolute Gasteiger partial charge is 0.416 e. The Bertz CT molecular complexity index is 432. The Morgan fingerprint density at radius 1 is 1.41 bits per heavy atom. The maximum absolute atomic E-state index is 12.3. The fourth-order valence-corrected chi connectivity index (χ4v) is 1.31. The van der Waals surface area contributed by atoms with Crippen LogP contribution in [-0.4, -0.2) is 11.3 Å². The van der Waals surface area contributed by atoms with Crippen molar-refractivity contribution in [2.24, 2.45) is 0 Å². The Morgan fingerprint density at radius 3 is 2.41 bits per heavy atom. The van der Waals surface area contributed by atoms with Gasteiger partial charge in [-0.1, -0.05) is 11.6 Å². The van der Waals surface area contributed by atoms with Crippen molar-refractivity contribution in [1.82, 2.24) is 0 Å². The lowest BCUT2D eigenvalue weighted by Gasteiger charge is -2.11. The minimum atomic E-state index is -4.47. The van der Waals surface area contributed by atoms with E-state index in [1.165, 1.54) is 6.92 Å². The van der Waals surface area contributed by atoms with Gasteiger partial charge in [0.05, 0.1) is 16.3 Å². The van der Waals surface area contributed by atoms with Crippen LogP contribution in [0.4, 0.5) is 18.9 Å². The molecule has 94 valence electrons. The van der Waals surface area contributed by atoms with E-state index in [0.29, 0.717) is 0 Å². The highest BCUT2D eigenvalue weighted by Gasteiger charge is 2.31. The van der Waals surface area contributed by atoms with Crippen molar-refractivity contribution >= 4 is 34.8 Å². The Hall–Kier alpha value is -0.940. The van der Waals surface area contributed by atoms with E-state index in [1.807, 2.05) is 0 Å². The second-order valence-electron chi connectivity index (χ2n) is 3.30. The van der Waals surface area contributed by atoms with Gasteiger partial charge < -0.3 is 5.32 Å². The molecule has 0 bridgehead atoms. The standard InChI is InChI=1S/C10H8Cl2F3NO/c1-5(11)9(17)16-8-3-2-6(4-7(8)12)10(13,14)15/h2-5H,1H3,(H,16,17). The van der Waals surface area contributed by atoms with Crippen molar-refractivity contribution < 1.29 is 18.0 Å². The highest BCUT2D eigenvalue weighted by Crippen LogP contribution is 2.33. The van der Waals surface area contributed by atoms with E-state index in [9.17, 15) is 18.0 Å². The normalized spacial score (nSPS) is 13.3. The summed E-state index contributed by atoms with van der Waals surface area (Å²) in [5, 5.41) is 1.33. The van der Waals surface area contributed by atoms with Crippen molar-refractivity contribution in [3.63, 3.8) is 0 Å². The Morgan fingerprint density at radius 2 is 2.00 bits per heavy atom. The number of nitrogens with one attached hydrogen (secondary N) is 1. The maximum Gasteiger partial charge on any atom is 0.416 e. The summed E-state index contributed by atoms with van der Waals surface area (Å²) in [5.74, 6) is -0.534. The third-order valence-corrected chi connectivity index (χ3v) is 2.43. The zero-order valence-corrected chi connectivity index (χ0v) is 10.1. The number of hydrogen-bond donors (Lipinski definition) is 1. The van der Waals surface area contributed by atoms with Crippen LogP contribution in [0, 0.1) is 0 Å². The Labute approximate surface area is 106 Å². The number of anilines is 1. The van der Waals surface area contributed by atoms with Gasteiger partial charge in [-0.15, -0.1) is 11.6 Å². The molecule has 0 fully saturated rings. The van der Waals surface area contributed by atoms with Crippen molar-refractivity contribution in [2.45, 2.75) is 18.5 Å². The smallest absolute Gasteiger partial charge is 0.323 e. The molecule has 17 heavy (non-hydrogen) atoms. The summed E-state index contributed by atoms with van der Waals surface area (Å²) in [7, 11) is 0. The topological polar surface area (TPSA) is 29.1 Å². The average molecular weight is 286 g/mol. The third kappa shape index (κ3) is 3.78. The van der Waals surface area contributed by atoms with Gasteiger partial charge in [0.1, 0.15) is 5.38 Å². The fraction of sp³-hybridized carbons (Fsp3) is 0.300. The lowest BCUT2D eigenvalue weighted by atomic mass is 10.2. The van der Waals surface area contributed by atoms with Gasteiger partial charge in [0.2, 0.25) is 5.91 Å². The van der Waals surface area contributed by atoms with E-state index in [1.54, 1.807) is 0 Å². The molecule has 1 rings (SSSR count). The first-order chi connectivity index (χ1) is 7.71. The molecule has 0 heterocycles. The minimum absolute atomic E-state index is 0.0946. The molecule has 1 unspecified atom stereocenters. The lowest BCUT2D eigenvalue weighted by Crippen LogP contribution is -2.20. The number of carbonyl (C=O) groups excluding carboxylic acids is 1. The zero-order valence-electron chi connectivity index (χ0n) is 8.61. The van der Waals surface area contributed by atoms with Crippen LogP contribution in [0.25, 0.3) is 0 Å². The number of hydrogen-bond acceptors (Lipinski definition) is 1. The van der Waals surface area contributed by atoms with Crippen molar-refractivity contribution in [2.75, 3.05) is 5.32 Å². The monoisotopic (exact) mass is 285 g/mol. The molecule has 0 radical (unpaired) electrons. The lowest BCUT2D eigenvalue weighted by molar-refractivity contribution is -0.137. The number of alkyl halides is 4. The van der Waals surface area contributed by atoms with Crippen LogP contribution in [0.5, 0.6) is 0 Å². The van der Waals surface area contributed by atoms with Crippen LogP contribution in [-0.2, 0) is 11.0 Å². The van der Waals surface area contributed by atoms with E-state index in [4.69, 9.17) is 23.2 Å². The number of carbonyl (C=O) groups is 1. The number of benzene rings is 1. The van der Waals surface area contributed by atoms with Crippen LogP contribution in [0.15, 0.2) is 18.2 Å². The molecule has 1 N–H and O–H groups in total. The summed E-state index contributed by atoms with van der Waals surface area (Å²) >= 11 is 11.1. The van der Waals surface area contributed by atoms with Crippen LogP contribution in [0.1, 0.15) is 12.5 Å². The van der Waals surface area contributed by atoms with Gasteiger partial charge in [0.25, 0.3) is 0 Å². The molecular formula is C10H8Cl2F3NO. The SMILES string of the molecule is CC(Cl)C(=O)Nc1ccc(C(F)(F)F)cc1Cl. The molecule has 0 aliphatic rings. The van der Waals surface area contributed by atoms with E-state index in [2.05, 4.69) is 5.32 Å². The van der Waals surface area contributed by atoms with Crippen LogP contribution in [0.3, 0.4) is 0 Å². The molecule has 7 heteroatoms. The van der Waals surface area contributed by atoms with Crippen molar-refractivity contribution in [3.8, 4) is 0 Å². The molecule has 0 spiro atoms. The summed E-state index contributed by atoms with van der Waals surface area (Å²) in [6.45, 7) is 1.44. The first kappa shape index (κ1) is 14.1. The number of amides is 1. The molecule has 0 saturated heterocycles. The zero-order chi connectivity index (χ0) is 13.2. The van der Waals surface area contributed by atoms with E-state index in [0.717, 1.165) is 18.2 Å². The maximum atomic E-state index is 12.3. The van der Waals surface area contributed by atoms with Crippen LogP contribution < -0.4 is 5.32 Å². The molecule has 1 atom stereocenters. The predicted molar refractivity (Wildman–Crippen MR) is 60.4 cm³/mol. The molecule has 1 aromatic rings. The predicted octanol–water partition coefficient (Wildman–Crippen LogP) is 3.92. The number of halogens is 5. The van der Waals surface area contributed by atoms with Gasteiger partial charge in [-0.3, -0.25) is 4.79 Å². The Balaban J connectivity index is 2.95. The molecule has 0 saturated carbocycles. The highest BCUT2D eigenvalue weighted by molar-refractivity contribution is 6.35. The summed E-state index contributed by atoms with van der Waals surface area (Å²) in [5.41, 5.74) is -0.781. The third-order valence-electron chi connectivity index (χ3n) is 1.92. The summed E-state index contributed by atoms with van der Waals surface area (Å²) in [6, 6.07) is 2.67. The quantitative estimate of drug-likeness (QED) is 0.820. The molecule has 1 amide bonds. The summed E-state index contributed by atoms with van der Waals surface area (Å²) < 4.78 is 37.0. The fourth-order valence-electron chi connectivity index (χ4n) is 1.02. The molecule has 0 aliphatic carbocycles. The van der Waals surface area contributed by atoms with E-state index >= 15 is 0 Å². The minimum Gasteiger partial charge on any atom is -0.323 e. The number of rotatable bonds is 2. The van der Waals surface area contributed by atoms with Crippen molar-refractivity contribution in [1.29, 1.82) is 0 Å². The average Bonchev–Trinajstić information content (AvgIpc) is 2.19. The first-order valence-corrected chi connectivity index (χ1v) is 5.35. The summed E-state index contributed by atoms with van der Waals surface area (Å²) in [6.07, 6.45) is -4.47. The van der Waals surface area contributed by atoms with Gasteiger partial charge in [-0.05, 0) is 25.1 Å². The first-order valence-electron chi connectivity index (χ1n) is 4.53. The molecule has 0 aliphatic heterocycles.